The number of hydrogen-bond donors (Lipinski definition) is 11. The molecule has 8 aliphatic rings. The van der Waals surface area contributed by atoms with Gasteiger partial charge in [0.05, 0.1) is 45.1 Å². The maximum Gasteiger partial charge on any atom is 0.397 e. The van der Waals surface area contributed by atoms with Gasteiger partial charge in [-0.15, -0.1) is 17.3 Å². The minimum Gasteiger partial charge on any atom is -0.382 e. The lowest BCUT2D eigenvalue weighted by molar-refractivity contribution is -0.437. The predicted octanol–water partition coefficient (Wildman–Crippen LogP) is -1.21. The molecule has 8 fully saturated rings. The first-order valence-electron chi connectivity index (χ1n) is 39.2. The Bertz CT molecular complexity index is 3610. The molecule has 0 aromatic rings. The van der Waals surface area contributed by atoms with Crippen molar-refractivity contribution < 1.29 is 250 Å². The molecule has 8 saturated heterocycles. The molecule has 0 spiro atoms. The van der Waals surface area contributed by atoms with Gasteiger partial charge in [0.25, 0.3) is 0 Å². The minimum absolute atomic E-state index is 0.00248. The summed E-state index contributed by atoms with van der Waals surface area (Å²) in [6.07, 6.45) is -46.0. The Morgan fingerprint density at radius 2 is 0.731 bits per heavy atom. The summed E-state index contributed by atoms with van der Waals surface area (Å²) in [6, 6.07) is -0.103. The van der Waals surface area contributed by atoms with E-state index in [1.54, 1.807) is 11.8 Å². The molecule has 8 aliphatic heterocycles. The summed E-state index contributed by atoms with van der Waals surface area (Å²) in [5.41, 5.74) is 0. The lowest BCUT2D eigenvalue weighted by Gasteiger charge is -2.52. The van der Waals surface area contributed by atoms with Crippen LogP contribution in [-0.2, 0) is 217 Å². The summed E-state index contributed by atoms with van der Waals surface area (Å²) < 4.78 is 305. The normalized spacial score (nSPS) is 36.2. The van der Waals surface area contributed by atoms with Crippen molar-refractivity contribution in [2.24, 2.45) is 0 Å². The van der Waals surface area contributed by atoms with Crippen LogP contribution in [0, 0.1) is 0 Å². The van der Waals surface area contributed by atoms with Crippen molar-refractivity contribution in [2.45, 2.75) is 253 Å². The topological polar surface area (TPSA) is 694 Å². The molecule has 0 aliphatic carbocycles. The highest BCUT2D eigenvalue weighted by molar-refractivity contribution is 8.00. The second-order valence-electron chi connectivity index (χ2n) is 28.8. The van der Waals surface area contributed by atoms with Gasteiger partial charge in [0.15, 0.2) is 99.2 Å². The highest BCUT2D eigenvalue weighted by Crippen LogP contribution is 2.44. The monoisotopic (exact) mass is 2060 g/mol. The van der Waals surface area contributed by atoms with Crippen LogP contribution in [0.1, 0.15) is 51.4 Å². The zero-order chi connectivity index (χ0) is 94.8. The second kappa shape index (κ2) is 57.7. The molecule has 0 aromatic heterocycles. The molecule has 4 amide bonds. The first-order chi connectivity index (χ1) is 62.4. The molecule has 130 heavy (non-hydrogen) atoms. The van der Waals surface area contributed by atoms with Gasteiger partial charge in [0, 0.05) is 122 Å². The molecule has 8 rings (SSSR count). The standard InChI is InChI=1S/C64H112N4O54S8/c1-85-23-31-41(47(89-5)52(92-8)58(96-12)100-31)107-60-55(95-11)49(91-7)43(33(102-60)25-87-3)108-61-54(94-10)48(90-6)42(32(101-61)24-86-2)106-59-53(93-9)46(88-4)40(30(99-59)22-66-38(70)19-14-13-17-21-65-37(69)20-16-15-18-36-39-29(28-123-36)67-64(71)68-39)105-63-57(114-130(82,83)84)50(111-125-120-116-73)44(34(103-63)26-97-128(76,77)78)109-62-56(113-127-122-118-75)51(112-126-121-117-74)45(110-124-119-115-72)35(104-62)27-98-129(79,80)81/h29-36,39-63,72-75H,13-28H2,1-12H3,(H,65,69)(H,66,70)(H2,67,68,71)(H,76,77,78)(H,79,80,81)(H,82,83,84)/t29?,30?,31-,32?,33-,34-,35-,36?,39?,40+,41+,42+,43+,44+,45+,46-,47?,48-,49?,50?,51?,52?,53?,54?,55?,56?,57?,58+,59-,60+,61-,62+,63-/m0/s1. The molecule has 15 unspecified atom stereocenters. The van der Waals surface area contributed by atoms with Crippen molar-refractivity contribution in [3.8, 4) is 0 Å². The first kappa shape index (κ1) is 113. The first-order valence-corrected chi connectivity index (χ1v) is 47.0. The Labute approximate surface area is 767 Å². The fraction of sp³-hybridized carbons (Fsp3) is 0.953. The quantitative estimate of drug-likeness (QED) is 0.00850. The number of rotatable bonds is 62. The van der Waals surface area contributed by atoms with Crippen LogP contribution in [0.5, 0.6) is 0 Å². The third-order valence-corrected chi connectivity index (χ3v) is 25.7. The molecule has 66 heteroatoms. The smallest absolute Gasteiger partial charge is 0.382 e. The molecule has 8 heterocycles. The average Bonchev–Trinajstić information content (AvgIpc) is 1.02. The van der Waals surface area contributed by atoms with E-state index >= 15 is 0 Å². The highest BCUT2D eigenvalue weighted by atomic mass is 32.3. The van der Waals surface area contributed by atoms with Gasteiger partial charge in [-0.25, -0.2) is 38.4 Å². The predicted molar refractivity (Wildman–Crippen MR) is 424 cm³/mol. The molecular weight excluding hydrogens is 1950 g/mol. The molecule has 33 atom stereocenters. The molecule has 760 valence electrons. The van der Waals surface area contributed by atoms with E-state index in [4.69, 9.17) is 150 Å². The van der Waals surface area contributed by atoms with Crippen LogP contribution in [0.3, 0.4) is 0 Å². The largest absolute Gasteiger partial charge is 0.397 e. The van der Waals surface area contributed by atoms with Crippen molar-refractivity contribution >= 4 is 110 Å². The summed E-state index contributed by atoms with van der Waals surface area (Å²) in [7, 11) is -0.915. The number of hydrogen-bond acceptors (Lipinski definition) is 56. The van der Waals surface area contributed by atoms with Gasteiger partial charge in [0.1, 0.15) is 134 Å². The van der Waals surface area contributed by atoms with Gasteiger partial charge in [-0.05, 0) is 25.7 Å². The van der Waals surface area contributed by atoms with E-state index in [9.17, 15) is 58.6 Å². The lowest BCUT2D eigenvalue weighted by atomic mass is 9.94. The SMILES string of the molecule is COCC1O[C@@H](O[C@H]2C(OC)C(OC)[C@@H](O[C@H]3C(OC)C(OC)[C@H](OC)O[C@H]3COC)O[C@H]2COC)C(OC)[C@@H](OC)[C@@H]1O[C@@H]1OC(CNC(=O)CCCCCNC(=O)CCCCC2SCC3NC(=O)NC32)[C@@H](O[C@@H]2O[C@@H](COS(=O)(=O)O)[C@@H](O[C@H]3O[C@@H](COS(=O)(=O)O)[C@@H](OSOOO)C(OSOOO)C3OSOOO)C(OSOOO)C2OS(=O)(=O)O)[C@H](OC)C1OC. The summed E-state index contributed by atoms with van der Waals surface area (Å²) in [6.45, 7) is -3.82. The number of ether oxygens (including phenoxy) is 23. The fourth-order valence-electron chi connectivity index (χ4n) is 15.8. The van der Waals surface area contributed by atoms with E-state index in [1.165, 1.54) is 71.1 Å². The van der Waals surface area contributed by atoms with Crippen LogP contribution >= 0.6 is 61.1 Å². The summed E-state index contributed by atoms with van der Waals surface area (Å²) in [5.74, 6) is -0.0209. The molecular formula is C64H112N4O54S8. The summed E-state index contributed by atoms with van der Waals surface area (Å²) >= 11 is 0.504. The number of thioether (sulfide) groups is 1. The Kier molecular flexibility index (Phi) is 50.3. The Morgan fingerprint density at radius 1 is 0.385 bits per heavy atom. The zero-order valence-electron chi connectivity index (χ0n) is 71.5. The molecule has 0 saturated carbocycles. The highest BCUT2D eigenvalue weighted by Gasteiger charge is 2.62. The number of carbonyl (C=O) groups excluding carboxylic acids is 3. The Balaban J connectivity index is 1.13. The van der Waals surface area contributed by atoms with E-state index in [0.29, 0.717) is 19.3 Å². The van der Waals surface area contributed by atoms with Crippen LogP contribution in [0.4, 0.5) is 4.79 Å². The number of urea groups is 1. The Morgan fingerprint density at radius 3 is 1.14 bits per heavy atom. The van der Waals surface area contributed by atoms with Crippen molar-refractivity contribution in [1.29, 1.82) is 0 Å². The maximum atomic E-state index is 14.2. The van der Waals surface area contributed by atoms with Crippen LogP contribution in [0.25, 0.3) is 0 Å². The fourth-order valence-corrected chi connectivity index (χ4v) is 19.9. The van der Waals surface area contributed by atoms with Gasteiger partial charge in [-0.1, -0.05) is 33.0 Å². The van der Waals surface area contributed by atoms with Crippen LogP contribution in [0.2, 0.25) is 0 Å². The number of nitrogens with one attached hydrogen (secondary N) is 4. The van der Waals surface area contributed by atoms with Crippen LogP contribution in [-0.4, -0.2) is 417 Å². The van der Waals surface area contributed by atoms with Gasteiger partial charge in [0.2, 0.25) is 11.8 Å². The molecule has 0 aromatic carbocycles. The van der Waals surface area contributed by atoms with Crippen molar-refractivity contribution in [3.63, 3.8) is 0 Å². The van der Waals surface area contributed by atoms with Crippen molar-refractivity contribution in [3.05, 3.63) is 0 Å². The second-order valence-corrected chi connectivity index (χ2v) is 35.2. The number of unbranched alkanes of at least 4 members (excludes halogenated alkanes) is 3. The summed E-state index contributed by atoms with van der Waals surface area (Å²) in [5, 5.41) is 62.8. The van der Waals surface area contributed by atoms with E-state index in [1.807, 2.05) is 0 Å². The van der Waals surface area contributed by atoms with Crippen molar-refractivity contribution in [1.82, 2.24) is 21.3 Å². The number of fused-ring (bicyclic) bond motifs is 1. The Hall–Kier alpha value is -1.99. The number of methoxy groups -OCH3 is 12. The minimum atomic E-state index is -5.99. The van der Waals surface area contributed by atoms with Gasteiger partial charge >= 0.3 is 37.2 Å². The molecule has 0 bridgehead atoms. The zero-order valence-corrected chi connectivity index (χ0v) is 78.0. The average molecular weight is 2060 g/mol. The van der Waals surface area contributed by atoms with E-state index < -0.39 is 253 Å². The van der Waals surface area contributed by atoms with Crippen molar-refractivity contribution in [2.75, 3.05) is 137 Å². The van der Waals surface area contributed by atoms with Crippen LogP contribution in [0.15, 0.2) is 0 Å². The molecule has 11 N–H and O–H groups in total. The maximum absolute atomic E-state index is 14.2. The van der Waals surface area contributed by atoms with Gasteiger partial charge in [-0.2, -0.15) is 37.0 Å². The third kappa shape index (κ3) is 33.1. The molecule has 0 radical (unpaired) electrons. The summed E-state index contributed by atoms with van der Waals surface area (Å²) in [4.78, 5) is 39.1. The third-order valence-electron chi connectivity index (χ3n) is 21.2. The van der Waals surface area contributed by atoms with Gasteiger partial charge in [-0.3, -0.25) is 40.0 Å². The lowest BCUT2D eigenvalue weighted by Crippen LogP contribution is -2.69. The molecule has 58 nitrogen and oxygen atoms in total. The van der Waals surface area contributed by atoms with E-state index in [2.05, 4.69) is 62.9 Å². The number of carbonyl (C=O) groups is 3. The van der Waals surface area contributed by atoms with Crippen LogP contribution < -0.4 is 21.3 Å². The van der Waals surface area contributed by atoms with Gasteiger partial charge < -0.3 is 130 Å². The van der Waals surface area contributed by atoms with E-state index in [0.717, 1.165) is 32.8 Å². The number of amides is 4. The van der Waals surface area contributed by atoms with E-state index in [-0.39, 0.29) is 112 Å².